The second-order valence-corrected chi connectivity index (χ2v) is 8.54. The monoisotopic (exact) mass is 454 g/mol. The molecule has 0 unspecified atom stereocenters. The Morgan fingerprint density at radius 1 is 1.26 bits per heavy atom. The summed E-state index contributed by atoms with van der Waals surface area (Å²) in [7, 11) is -1.99. The van der Waals surface area contributed by atoms with E-state index in [-0.39, 0.29) is 17.4 Å². The molecule has 3 aromatic rings. The van der Waals surface area contributed by atoms with E-state index < -0.39 is 15.8 Å². The number of aromatic nitrogens is 2. The molecular formula is C17H16BrFN4O3S. The topological polar surface area (TPSA) is 93.1 Å². The Morgan fingerprint density at radius 3 is 2.52 bits per heavy atom. The number of anilines is 1. The van der Waals surface area contributed by atoms with Crippen LogP contribution in [0.2, 0.25) is 0 Å². The normalized spacial score (nSPS) is 11.6. The first-order chi connectivity index (χ1) is 12.8. The number of nitrogens with zero attached hydrogens (tertiary/aromatic N) is 2. The molecule has 3 rings (SSSR count). The van der Waals surface area contributed by atoms with Crippen LogP contribution in [-0.4, -0.2) is 36.9 Å². The molecule has 0 saturated carbocycles. The fraction of sp³-hybridized carbons (Fsp3) is 0.176. The number of benzene rings is 2. The maximum atomic E-state index is 13.2. The Labute approximate surface area is 163 Å². The van der Waals surface area contributed by atoms with Crippen LogP contribution in [0.25, 0.3) is 16.6 Å². The van der Waals surface area contributed by atoms with Gasteiger partial charge in [-0.25, -0.2) is 17.5 Å². The molecule has 27 heavy (non-hydrogen) atoms. The molecule has 0 saturated heterocycles. The van der Waals surface area contributed by atoms with Crippen molar-refractivity contribution in [1.29, 1.82) is 0 Å². The molecule has 0 aliphatic heterocycles. The van der Waals surface area contributed by atoms with Crippen molar-refractivity contribution in [1.82, 2.24) is 15.1 Å². The molecule has 0 radical (unpaired) electrons. The van der Waals surface area contributed by atoms with Gasteiger partial charge in [-0.2, -0.15) is 5.10 Å². The highest BCUT2D eigenvalue weighted by molar-refractivity contribution is 9.10. The van der Waals surface area contributed by atoms with Gasteiger partial charge in [0.1, 0.15) is 11.5 Å². The van der Waals surface area contributed by atoms with Crippen molar-refractivity contribution in [2.45, 2.75) is 6.92 Å². The number of rotatable bonds is 5. The van der Waals surface area contributed by atoms with Gasteiger partial charge in [0.2, 0.25) is 10.0 Å². The fourth-order valence-electron chi connectivity index (χ4n) is 2.53. The lowest BCUT2D eigenvalue weighted by Crippen LogP contribution is -2.21. The predicted octanol–water partition coefficient (Wildman–Crippen LogP) is 3.05. The third-order valence-corrected chi connectivity index (χ3v) is 5.87. The Kier molecular flexibility index (Phi) is 5.20. The molecule has 1 heterocycles. The predicted molar refractivity (Wildman–Crippen MR) is 105 cm³/mol. The molecule has 2 N–H and O–H groups in total. The number of carbonyl (C=O) groups excluding carboxylic acids is 1. The van der Waals surface area contributed by atoms with Crippen molar-refractivity contribution in [2.75, 3.05) is 17.5 Å². The first-order valence-corrected chi connectivity index (χ1v) is 10.4. The van der Waals surface area contributed by atoms with Gasteiger partial charge in [-0.15, -0.1) is 0 Å². The highest BCUT2D eigenvalue weighted by Gasteiger charge is 2.21. The van der Waals surface area contributed by atoms with Crippen LogP contribution in [0, 0.1) is 5.82 Å². The van der Waals surface area contributed by atoms with E-state index in [0.717, 1.165) is 0 Å². The molecule has 0 aliphatic carbocycles. The van der Waals surface area contributed by atoms with Gasteiger partial charge >= 0.3 is 0 Å². The lowest BCUT2D eigenvalue weighted by Gasteiger charge is -2.08. The van der Waals surface area contributed by atoms with Gasteiger partial charge < -0.3 is 5.32 Å². The number of hydrogen-bond donors (Lipinski definition) is 2. The van der Waals surface area contributed by atoms with Gasteiger partial charge in [0.15, 0.2) is 0 Å². The summed E-state index contributed by atoms with van der Waals surface area (Å²) in [5.41, 5.74) is 1.48. The minimum Gasteiger partial charge on any atom is -0.354 e. The number of hydrogen-bond acceptors (Lipinski definition) is 4. The smallest absolute Gasteiger partial charge is 0.270 e. The first-order valence-electron chi connectivity index (χ1n) is 7.96. The Balaban J connectivity index is 2.24. The summed E-state index contributed by atoms with van der Waals surface area (Å²) in [6.07, 6.45) is 0. The van der Waals surface area contributed by atoms with Gasteiger partial charge in [0.05, 0.1) is 22.6 Å². The summed E-state index contributed by atoms with van der Waals surface area (Å²) in [6, 6.07) is 8.71. The maximum absolute atomic E-state index is 13.2. The number of nitrogens with one attached hydrogen (secondary N) is 2. The van der Waals surface area contributed by atoms with Crippen molar-refractivity contribution in [3.05, 3.63) is 52.4 Å². The zero-order valence-corrected chi connectivity index (χ0v) is 16.9. The molecular weight excluding hydrogens is 439 g/mol. The quantitative estimate of drug-likeness (QED) is 0.619. The number of carbonyl (C=O) groups is 1. The van der Waals surface area contributed by atoms with Crippen molar-refractivity contribution in [3.8, 4) is 5.69 Å². The second kappa shape index (κ2) is 7.28. The van der Waals surface area contributed by atoms with Gasteiger partial charge in [0, 0.05) is 16.9 Å². The molecule has 1 amide bonds. The second-order valence-electron chi connectivity index (χ2n) is 5.67. The average molecular weight is 455 g/mol. The number of sulfonamides is 1. The van der Waals surface area contributed by atoms with Crippen molar-refractivity contribution in [2.24, 2.45) is 0 Å². The lowest BCUT2D eigenvalue weighted by molar-refractivity contribution is 0.0957. The van der Waals surface area contributed by atoms with Crippen molar-refractivity contribution >= 4 is 48.5 Å². The van der Waals surface area contributed by atoms with Crippen LogP contribution in [0.15, 0.2) is 40.9 Å². The van der Waals surface area contributed by atoms with Crippen molar-refractivity contribution < 1.29 is 17.6 Å². The summed E-state index contributed by atoms with van der Waals surface area (Å²) < 4.78 is 41.3. The van der Waals surface area contributed by atoms with E-state index in [4.69, 9.17) is 0 Å². The Morgan fingerprint density at radius 2 is 1.93 bits per heavy atom. The largest absolute Gasteiger partial charge is 0.354 e. The standard InChI is InChI=1S/C17H16BrFN4O3S/c1-3-27(25,26)22-15-9-14-12(8-13(15)18)16(17(24)20-2)23(21-14)11-6-4-10(19)5-7-11/h4-9,22H,3H2,1-2H3,(H,20,24). The molecule has 0 bridgehead atoms. The van der Waals surface area contributed by atoms with E-state index in [2.05, 4.69) is 31.1 Å². The van der Waals surface area contributed by atoms with Crippen LogP contribution in [0.5, 0.6) is 0 Å². The summed E-state index contributed by atoms with van der Waals surface area (Å²) in [4.78, 5) is 12.4. The fourth-order valence-corrected chi connectivity index (χ4v) is 3.75. The minimum absolute atomic E-state index is 0.0784. The lowest BCUT2D eigenvalue weighted by atomic mass is 10.2. The summed E-state index contributed by atoms with van der Waals surface area (Å²) in [5, 5.41) is 7.50. The third kappa shape index (κ3) is 3.81. The SMILES string of the molecule is CCS(=O)(=O)Nc1cc2nn(-c3ccc(F)cc3)c(C(=O)NC)c2cc1Br. The number of halogens is 2. The van der Waals surface area contributed by atoms with E-state index in [9.17, 15) is 17.6 Å². The Bertz CT molecular complexity index is 1130. The Hall–Kier alpha value is -2.46. The van der Waals surface area contributed by atoms with Gasteiger partial charge in [-0.3, -0.25) is 9.52 Å². The van der Waals surface area contributed by atoms with E-state index in [0.29, 0.717) is 26.8 Å². The van der Waals surface area contributed by atoms with E-state index in [1.165, 1.54) is 42.9 Å². The molecule has 2 aromatic carbocycles. The maximum Gasteiger partial charge on any atom is 0.270 e. The molecule has 0 fully saturated rings. The number of fused-ring (bicyclic) bond motifs is 1. The number of amides is 1. The highest BCUT2D eigenvalue weighted by Crippen LogP contribution is 2.32. The molecule has 142 valence electrons. The molecule has 0 aliphatic rings. The minimum atomic E-state index is -3.48. The summed E-state index contributed by atoms with van der Waals surface area (Å²) in [5.74, 6) is -0.864. The molecule has 0 atom stereocenters. The van der Waals surface area contributed by atoms with Crippen LogP contribution >= 0.6 is 15.9 Å². The van der Waals surface area contributed by atoms with Crippen LogP contribution in [0.1, 0.15) is 17.4 Å². The molecule has 0 spiro atoms. The van der Waals surface area contributed by atoms with Crippen molar-refractivity contribution in [3.63, 3.8) is 0 Å². The molecule has 7 nitrogen and oxygen atoms in total. The van der Waals surface area contributed by atoms with E-state index in [1.807, 2.05) is 0 Å². The van der Waals surface area contributed by atoms with Gasteiger partial charge in [-0.1, -0.05) is 0 Å². The highest BCUT2D eigenvalue weighted by atomic mass is 79.9. The zero-order chi connectivity index (χ0) is 19.8. The average Bonchev–Trinajstić information content (AvgIpc) is 3.00. The van der Waals surface area contributed by atoms with Gasteiger partial charge in [0.25, 0.3) is 5.91 Å². The van der Waals surface area contributed by atoms with Crippen LogP contribution in [0.4, 0.5) is 10.1 Å². The van der Waals surface area contributed by atoms with Gasteiger partial charge in [-0.05, 0) is 59.3 Å². The third-order valence-electron chi connectivity index (χ3n) is 3.92. The molecule has 10 heteroatoms. The van der Waals surface area contributed by atoms with Crippen LogP contribution in [-0.2, 0) is 10.0 Å². The first kappa shape index (κ1) is 19.3. The summed E-state index contributed by atoms with van der Waals surface area (Å²) in [6.45, 7) is 1.53. The van der Waals surface area contributed by atoms with Crippen LogP contribution in [0.3, 0.4) is 0 Å². The summed E-state index contributed by atoms with van der Waals surface area (Å²) >= 11 is 3.33. The zero-order valence-electron chi connectivity index (χ0n) is 14.5. The molecule has 1 aromatic heterocycles. The van der Waals surface area contributed by atoms with E-state index in [1.54, 1.807) is 12.1 Å². The van der Waals surface area contributed by atoms with E-state index >= 15 is 0 Å². The van der Waals surface area contributed by atoms with Crippen LogP contribution < -0.4 is 10.0 Å².